The standard InChI is InChI=1S/C36H73NO4/c1-3-5-7-9-20-26-34-40-36(41-35-27-21-10-8-6-4-2)28-22-16-12-11-13-17-23-29-37(31-33-39)30-24-18-14-15-19-25-32-38/h32,36,39H,3-31,33-35H2,1-2H3. The smallest absolute Gasteiger partial charge is 0.157 e. The molecule has 0 aliphatic heterocycles. The van der Waals surface area contributed by atoms with Crippen LogP contribution in [0.4, 0.5) is 0 Å². The number of hydrogen-bond donors (Lipinski definition) is 1. The van der Waals surface area contributed by atoms with Crippen LogP contribution >= 0.6 is 0 Å². The summed E-state index contributed by atoms with van der Waals surface area (Å²) in [6.07, 6.45) is 33.2. The van der Waals surface area contributed by atoms with Gasteiger partial charge in [0.25, 0.3) is 0 Å². The summed E-state index contributed by atoms with van der Waals surface area (Å²) in [5.74, 6) is 0. The quantitative estimate of drug-likeness (QED) is 0.0452. The lowest BCUT2D eigenvalue weighted by Gasteiger charge is -2.21. The highest BCUT2D eigenvalue weighted by Crippen LogP contribution is 2.15. The summed E-state index contributed by atoms with van der Waals surface area (Å²) in [4.78, 5) is 12.8. The van der Waals surface area contributed by atoms with Crippen molar-refractivity contribution in [1.82, 2.24) is 4.90 Å². The molecule has 0 aromatic heterocycles. The second kappa shape index (κ2) is 35.7. The molecule has 246 valence electrons. The zero-order valence-electron chi connectivity index (χ0n) is 27.9. The van der Waals surface area contributed by atoms with Crippen LogP contribution in [0.15, 0.2) is 0 Å². The largest absolute Gasteiger partial charge is 0.395 e. The molecule has 0 aliphatic carbocycles. The summed E-state index contributed by atoms with van der Waals surface area (Å²) < 4.78 is 12.4. The summed E-state index contributed by atoms with van der Waals surface area (Å²) in [5.41, 5.74) is 0. The van der Waals surface area contributed by atoms with Crippen LogP contribution in [0.1, 0.15) is 181 Å². The SMILES string of the molecule is CCCCCCCCOC(CCCCCCCCCN(CCO)CCCCCCCC=O)OCCCCCCCC. The van der Waals surface area contributed by atoms with Crippen LogP contribution in [-0.4, -0.2) is 62.0 Å². The Bertz CT molecular complexity index is 472. The van der Waals surface area contributed by atoms with Gasteiger partial charge in [-0.3, -0.25) is 0 Å². The highest BCUT2D eigenvalue weighted by molar-refractivity contribution is 5.48. The molecule has 0 aromatic rings. The zero-order chi connectivity index (χ0) is 29.9. The van der Waals surface area contributed by atoms with Gasteiger partial charge in [-0.15, -0.1) is 0 Å². The molecule has 0 rings (SSSR count). The van der Waals surface area contributed by atoms with Gasteiger partial charge >= 0.3 is 0 Å². The Morgan fingerprint density at radius 3 is 1.41 bits per heavy atom. The van der Waals surface area contributed by atoms with E-state index < -0.39 is 0 Å². The topological polar surface area (TPSA) is 59.0 Å². The number of carbonyl (C=O) groups is 1. The van der Waals surface area contributed by atoms with Crippen LogP contribution in [0, 0.1) is 0 Å². The first-order valence-electron chi connectivity index (χ1n) is 18.3. The highest BCUT2D eigenvalue weighted by Gasteiger charge is 2.10. The second-order valence-corrected chi connectivity index (χ2v) is 12.3. The molecule has 0 heterocycles. The fourth-order valence-corrected chi connectivity index (χ4v) is 5.51. The van der Waals surface area contributed by atoms with Crippen molar-refractivity contribution in [3.63, 3.8) is 0 Å². The van der Waals surface area contributed by atoms with Crippen molar-refractivity contribution in [1.29, 1.82) is 0 Å². The van der Waals surface area contributed by atoms with Gasteiger partial charge < -0.3 is 24.3 Å². The summed E-state index contributed by atoms with van der Waals surface area (Å²) in [7, 11) is 0. The molecule has 0 amide bonds. The molecule has 41 heavy (non-hydrogen) atoms. The fraction of sp³-hybridized carbons (Fsp3) is 0.972. The van der Waals surface area contributed by atoms with Crippen LogP contribution in [-0.2, 0) is 14.3 Å². The average Bonchev–Trinajstić information content (AvgIpc) is 2.98. The molecule has 0 saturated carbocycles. The molecule has 5 heteroatoms. The van der Waals surface area contributed by atoms with Crippen LogP contribution in [0.2, 0.25) is 0 Å². The van der Waals surface area contributed by atoms with Gasteiger partial charge in [0.2, 0.25) is 0 Å². The lowest BCUT2D eigenvalue weighted by molar-refractivity contribution is -0.148. The molecule has 0 atom stereocenters. The van der Waals surface area contributed by atoms with E-state index in [1.54, 1.807) is 0 Å². The average molecular weight is 584 g/mol. The van der Waals surface area contributed by atoms with Crippen molar-refractivity contribution in [2.24, 2.45) is 0 Å². The maximum atomic E-state index is 10.4. The zero-order valence-corrected chi connectivity index (χ0v) is 27.9. The normalized spacial score (nSPS) is 11.7. The Morgan fingerprint density at radius 2 is 0.951 bits per heavy atom. The van der Waals surface area contributed by atoms with Gasteiger partial charge in [0, 0.05) is 26.2 Å². The first-order valence-corrected chi connectivity index (χ1v) is 18.3. The van der Waals surface area contributed by atoms with Crippen molar-refractivity contribution in [3.8, 4) is 0 Å². The summed E-state index contributed by atoms with van der Waals surface area (Å²) in [6, 6.07) is 0. The minimum Gasteiger partial charge on any atom is -0.395 e. The van der Waals surface area contributed by atoms with Gasteiger partial charge in [-0.05, 0) is 58.0 Å². The maximum Gasteiger partial charge on any atom is 0.157 e. The Balaban J connectivity index is 3.92. The van der Waals surface area contributed by atoms with Crippen LogP contribution < -0.4 is 0 Å². The van der Waals surface area contributed by atoms with E-state index in [1.807, 2.05) is 0 Å². The van der Waals surface area contributed by atoms with E-state index in [0.29, 0.717) is 6.42 Å². The number of aliphatic hydroxyl groups excluding tert-OH is 1. The van der Waals surface area contributed by atoms with E-state index in [4.69, 9.17) is 9.47 Å². The van der Waals surface area contributed by atoms with Gasteiger partial charge in [0.15, 0.2) is 6.29 Å². The van der Waals surface area contributed by atoms with Crippen molar-refractivity contribution in [2.75, 3.05) is 39.5 Å². The predicted molar refractivity (Wildman–Crippen MR) is 177 cm³/mol. The third kappa shape index (κ3) is 32.3. The summed E-state index contributed by atoms with van der Waals surface area (Å²) in [6.45, 7) is 9.50. The number of unbranched alkanes of at least 4 members (excludes halogenated alkanes) is 21. The van der Waals surface area contributed by atoms with E-state index in [2.05, 4.69) is 18.7 Å². The minimum atomic E-state index is -0.00450. The van der Waals surface area contributed by atoms with Crippen molar-refractivity contribution < 1.29 is 19.4 Å². The second-order valence-electron chi connectivity index (χ2n) is 12.3. The van der Waals surface area contributed by atoms with E-state index in [9.17, 15) is 9.90 Å². The Kier molecular flexibility index (Phi) is 35.3. The third-order valence-corrected chi connectivity index (χ3v) is 8.23. The minimum absolute atomic E-state index is 0.00450. The molecule has 0 spiro atoms. The Morgan fingerprint density at radius 1 is 0.537 bits per heavy atom. The number of aliphatic hydroxyl groups is 1. The molecule has 5 nitrogen and oxygen atoms in total. The number of aldehydes is 1. The fourth-order valence-electron chi connectivity index (χ4n) is 5.51. The van der Waals surface area contributed by atoms with Gasteiger partial charge in [-0.25, -0.2) is 0 Å². The van der Waals surface area contributed by atoms with E-state index in [-0.39, 0.29) is 12.9 Å². The lowest BCUT2D eigenvalue weighted by Crippen LogP contribution is -2.29. The Labute approximate surface area is 256 Å². The molecular formula is C36H73NO4. The summed E-state index contributed by atoms with van der Waals surface area (Å²) in [5, 5.41) is 9.41. The molecule has 0 bridgehead atoms. The van der Waals surface area contributed by atoms with Crippen LogP contribution in [0.5, 0.6) is 0 Å². The first kappa shape index (κ1) is 40.5. The number of rotatable bonds is 36. The monoisotopic (exact) mass is 584 g/mol. The van der Waals surface area contributed by atoms with Crippen LogP contribution in [0.25, 0.3) is 0 Å². The molecule has 0 aliphatic rings. The Hall–Kier alpha value is -0.490. The van der Waals surface area contributed by atoms with E-state index >= 15 is 0 Å². The van der Waals surface area contributed by atoms with Crippen molar-refractivity contribution >= 4 is 6.29 Å². The number of hydrogen-bond acceptors (Lipinski definition) is 5. The molecule has 0 fully saturated rings. The molecule has 0 unspecified atom stereocenters. The van der Waals surface area contributed by atoms with Crippen molar-refractivity contribution in [3.05, 3.63) is 0 Å². The first-order chi connectivity index (χ1) is 20.3. The van der Waals surface area contributed by atoms with Crippen molar-refractivity contribution in [2.45, 2.75) is 187 Å². The van der Waals surface area contributed by atoms with E-state index in [1.165, 1.54) is 141 Å². The highest BCUT2D eigenvalue weighted by atomic mass is 16.7. The third-order valence-electron chi connectivity index (χ3n) is 8.23. The van der Waals surface area contributed by atoms with Gasteiger partial charge in [-0.2, -0.15) is 0 Å². The van der Waals surface area contributed by atoms with Gasteiger partial charge in [-0.1, -0.05) is 129 Å². The number of ether oxygens (including phenoxy) is 2. The lowest BCUT2D eigenvalue weighted by atomic mass is 10.1. The number of carbonyl (C=O) groups excluding carboxylic acids is 1. The summed E-state index contributed by atoms with van der Waals surface area (Å²) >= 11 is 0. The van der Waals surface area contributed by atoms with Crippen LogP contribution in [0.3, 0.4) is 0 Å². The molecular weight excluding hydrogens is 510 g/mol. The van der Waals surface area contributed by atoms with Gasteiger partial charge in [0.1, 0.15) is 6.29 Å². The molecule has 0 saturated heterocycles. The molecule has 1 N–H and O–H groups in total. The van der Waals surface area contributed by atoms with E-state index in [0.717, 1.165) is 58.4 Å². The maximum absolute atomic E-state index is 10.4. The molecule has 0 radical (unpaired) electrons. The predicted octanol–water partition coefficient (Wildman–Crippen LogP) is 10.0. The number of nitrogens with zero attached hydrogens (tertiary/aromatic N) is 1. The molecule has 0 aromatic carbocycles. The van der Waals surface area contributed by atoms with Gasteiger partial charge in [0.05, 0.1) is 6.61 Å².